The van der Waals surface area contributed by atoms with E-state index in [0.717, 1.165) is 6.42 Å². The van der Waals surface area contributed by atoms with Gasteiger partial charge in [-0.15, -0.1) is 0 Å². The Morgan fingerprint density at radius 3 is 2.40 bits per heavy atom. The van der Waals surface area contributed by atoms with Gasteiger partial charge in [0, 0.05) is 5.56 Å². The zero-order valence-electron chi connectivity index (χ0n) is 9.49. The first kappa shape index (κ1) is 11.9. The first-order valence-corrected chi connectivity index (χ1v) is 5.54. The third-order valence-electron chi connectivity index (χ3n) is 2.47. The topological polar surface area (TPSA) is 43.1 Å². The number of benzene rings is 1. The van der Waals surface area contributed by atoms with Gasteiger partial charge in [-0.05, 0) is 25.3 Å². The lowest BCUT2D eigenvalue weighted by molar-refractivity contribution is 0.0968. The second-order valence-electron chi connectivity index (χ2n) is 3.95. The maximum absolute atomic E-state index is 11.5. The van der Waals surface area contributed by atoms with Crippen molar-refractivity contribution in [2.75, 3.05) is 0 Å². The number of hydrogen-bond donors (Lipinski definition) is 1. The van der Waals surface area contributed by atoms with Gasteiger partial charge in [0.1, 0.15) is 0 Å². The van der Waals surface area contributed by atoms with Crippen LogP contribution in [0.1, 0.15) is 42.6 Å². The molecule has 0 aliphatic carbocycles. The van der Waals surface area contributed by atoms with Crippen molar-refractivity contribution in [3.63, 3.8) is 0 Å². The maximum Gasteiger partial charge on any atom is 0.179 e. The van der Waals surface area contributed by atoms with E-state index in [-0.39, 0.29) is 5.78 Å². The smallest absolute Gasteiger partial charge is 0.179 e. The Morgan fingerprint density at radius 2 is 1.93 bits per heavy atom. The quantitative estimate of drug-likeness (QED) is 0.751. The van der Waals surface area contributed by atoms with Crippen molar-refractivity contribution in [1.82, 2.24) is 0 Å². The van der Waals surface area contributed by atoms with Crippen molar-refractivity contribution in [3.8, 4) is 0 Å². The highest BCUT2D eigenvalue weighted by molar-refractivity contribution is 5.99. The number of ketones is 1. The summed E-state index contributed by atoms with van der Waals surface area (Å²) in [6, 6.07) is 7.37. The van der Waals surface area contributed by atoms with Crippen molar-refractivity contribution in [3.05, 3.63) is 35.4 Å². The van der Waals surface area contributed by atoms with Gasteiger partial charge in [0.15, 0.2) is 5.78 Å². The molecule has 0 heterocycles. The van der Waals surface area contributed by atoms with Gasteiger partial charge in [0.25, 0.3) is 0 Å². The fourth-order valence-corrected chi connectivity index (χ4v) is 1.48. The third-order valence-corrected chi connectivity index (χ3v) is 2.47. The van der Waals surface area contributed by atoms with Crippen molar-refractivity contribution < 1.29 is 4.79 Å². The van der Waals surface area contributed by atoms with E-state index in [2.05, 4.69) is 6.92 Å². The van der Waals surface area contributed by atoms with Crippen LogP contribution in [-0.4, -0.2) is 11.8 Å². The summed E-state index contributed by atoms with van der Waals surface area (Å²) in [4.78, 5) is 11.5. The van der Waals surface area contributed by atoms with E-state index in [1.165, 1.54) is 18.4 Å². The maximum atomic E-state index is 11.5. The normalized spacial score (nSPS) is 12.5. The van der Waals surface area contributed by atoms with Crippen LogP contribution < -0.4 is 5.73 Å². The molecule has 1 unspecified atom stereocenters. The molecule has 0 aromatic heterocycles. The largest absolute Gasteiger partial charge is 0.321 e. The lowest BCUT2D eigenvalue weighted by Crippen LogP contribution is -2.26. The lowest BCUT2D eigenvalue weighted by Gasteiger charge is -2.05. The molecule has 1 atom stereocenters. The van der Waals surface area contributed by atoms with Crippen molar-refractivity contribution in [1.29, 1.82) is 0 Å². The van der Waals surface area contributed by atoms with E-state index in [0.29, 0.717) is 5.56 Å². The Morgan fingerprint density at radius 1 is 1.33 bits per heavy atom. The number of nitrogens with two attached hydrogens (primary N) is 1. The lowest BCUT2D eigenvalue weighted by atomic mass is 10.0. The summed E-state index contributed by atoms with van der Waals surface area (Å²) in [6.45, 7) is 3.89. The number of unbranched alkanes of at least 4 members (excludes halogenated alkanes) is 1. The molecule has 0 saturated carbocycles. The molecule has 2 N–H and O–H groups in total. The van der Waals surface area contributed by atoms with Crippen LogP contribution in [0.25, 0.3) is 0 Å². The first-order valence-electron chi connectivity index (χ1n) is 5.54. The molecule has 0 amide bonds. The molecule has 0 aliphatic rings. The predicted octanol–water partition coefficient (Wildman–Crippen LogP) is 2.56. The summed E-state index contributed by atoms with van der Waals surface area (Å²) < 4.78 is 0. The SMILES string of the molecule is CCCCc1ccc(C(=O)C(C)N)cc1. The number of carbonyl (C=O) groups excluding carboxylic acids is 1. The third kappa shape index (κ3) is 3.48. The van der Waals surface area contributed by atoms with Crippen LogP contribution in [0.5, 0.6) is 0 Å². The number of hydrogen-bond acceptors (Lipinski definition) is 2. The summed E-state index contributed by atoms with van der Waals surface area (Å²) in [7, 11) is 0. The molecule has 15 heavy (non-hydrogen) atoms. The zero-order valence-corrected chi connectivity index (χ0v) is 9.49. The molecule has 1 aromatic carbocycles. The molecule has 0 saturated heterocycles. The first-order chi connectivity index (χ1) is 7.15. The predicted molar refractivity (Wildman–Crippen MR) is 63.0 cm³/mol. The van der Waals surface area contributed by atoms with Crippen LogP contribution in [-0.2, 0) is 6.42 Å². The molecule has 0 bridgehead atoms. The molecule has 0 spiro atoms. The molecule has 0 radical (unpaired) electrons. The summed E-state index contributed by atoms with van der Waals surface area (Å²) in [5.74, 6) is 0.0111. The minimum absolute atomic E-state index is 0.0111. The average molecular weight is 205 g/mol. The minimum atomic E-state index is -0.411. The zero-order chi connectivity index (χ0) is 11.3. The highest BCUT2D eigenvalue weighted by atomic mass is 16.1. The van der Waals surface area contributed by atoms with Crippen LogP contribution in [0, 0.1) is 0 Å². The molecule has 0 fully saturated rings. The van der Waals surface area contributed by atoms with Crippen molar-refractivity contribution in [2.45, 2.75) is 39.2 Å². The van der Waals surface area contributed by atoms with E-state index in [1.807, 2.05) is 24.3 Å². The van der Waals surface area contributed by atoms with E-state index in [9.17, 15) is 4.79 Å². The second-order valence-corrected chi connectivity index (χ2v) is 3.95. The van der Waals surface area contributed by atoms with Gasteiger partial charge in [-0.2, -0.15) is 0 Å². The number of rotatable bonds is 5. The van der Waals surface area contributed by atoms with Gasteiger partial charge >= 0.3 is 0 Å². The van der Waals surface area contributed by atoms with E-state index >= 15 is 0 Å². The van der Waals surface area contributed by atoms with Gasteiger partial charge in [-0.3, -0.25) is 4.79 Å². The number of aryl methyl sites for hydroxylation is 1. The van der Waals surface area contributed by atoms with E-state index < -0.39 is 6.04 Å². The van der Waals surface area contributed by atoms with Crippen LogP contribution in [0.4, 0.5) is 0 Å². The standard InChI is InChI=1S/C13H19NO/c1-3-4-5-11-6-8-12(9-7-11)13(15)10(2)14/h6-10H,3-5,14H2,1-2H3. The van der Waals surface area contributed by atoms with Crippen LogP contribution in [0.15, 0.2) is 24.3 Å². The molecule has 2 nitrogen and oxygen atoms in total. The molecular formula is C13H19NO. The average Bonchev–Trinajstić information content (AvgIpc) is 2.26. The summed E-state index contributed by atoms with van der Waals surface area (Å²) in [6.07, 6.45) is 3.48. The van der Waals surface area contributed by atoms with Crippen molar-refractivity contribution >= 4 is 5.78 Å². The Bertz CT molecular complexity index is 314. The molecular weight excluding hydrogens is 186 g/mol. The Hall–Kier alpha value is -1.15. The Labute approximate surface area is 91.5 Å². The fraction of sp³-hybridized carbons (Fsp3) is 0.462. The van der Waals surface area contributed by atoms with Gasteiger partial charge in [0.2, 0.25) is 0 Å². The van der Waals surface area contributed by atoms with Crippen LogP contribution >= 0.6 is 0 Å². The van der Waals surface area contributed by atoms with Gasteiger partial charge in [-0.25, -0.2) is 0 Å². The van der Waals surface area contributed by atoms with Crippen molar-refractivity contribution in [2.24, 2.45) is 5.73 Å². The van der Waals surface area contributed by atoms with E-state index in [1.54, 1.807) is 6.92 Å². The second kappa shape index (κ2) is 5.66. The van der Waals surface area contributed by atoms with Gasteiger partial charge < -0.3 is 5.73 Å². The molecule has 0 aliphatic heterocycles. The highest BCUT2D eigenvalue weighted by Crippen LogP contribution is 2.09. The molecule has 1 aromatic rings. The number of Topliss-reactive ketones (excluding diaryl/α,β-unsaturated/α-hetero) is 1. The van der Waals surface area contributed by atoms with E-state index in [4.69, 9.17) is 5.73 Å². The Kier molecular flexibility index (Phi) is 4.50. The van der Waals surface area contributed by atoms with Gasteiger partial charge in [0.05, 0.1) is 6.04 Å². The summed E-state index contributed by atoms with van der Waals surface area (Å²) in [5.41, 5.74) is 7.54. The summed E-state index contributed by atoms with van der Waals surface area (Å²) in [5, 5.41) is 0. The monoisotopic (exact) mass is 205 g/mol. The van der Waals surface area contributed by atoms with Crippen LogP contribution in [0.3, 0.4) is 0 Å². The molecule has 2 heteroatoms. The van der Waals surface area contributed by atoms with Crippen LogP contribution in [0.2, 0.25) is 0 Å². The summed E-state index contributed by atoms with van der Waals surface area (Å²) >= 11 is 0. The highest BCUT2D eigenvalue weighted by Gasteiger charge is 2.09. The molecule has 1 rings (SSSR count). The number of carbonyl (C=O) groups is 1. The minimum Gasteiger partial charge on any atom is -0.321 e. The van der Waals surface area contributed by atoms with Gasteiger partial charge in [-0.1, -0.05) is 37.6 Å². The molecule has 82 valence electrons. The fourth-order valence-electron chi connectivity index (χ4n) is 1.48. The Balaban J connectivity index is 2.68.